The number of nitrogens with one attached hydrogen (secondary N) is 1. The van der Waals surface area contributed by atoms with Gasteiger partial charge in [-0.1, -0.05) is 42.0 Å². The van der Waals surface area contributed by atoms with Crippen LogP contribution in [0.15, 0.2) is 95.0 Å². The van der Waals surface area contributed by atoms with Crippen LogP contribution in [0.4, 0.5) is 5.69 Å². The molecule has 0 bridgehead atoms. The Balaban J connectivity index is 1.67. The largest absolute Gasteiger partial charge is 0.508 e. The average Bonchev–Trinajstić information content (AvgIpc) is 2.75. The first-order chi connectivity index (χ1) is 14.2. The van der Waals surface area contributed by atoms with E-state index >= 15 is 0 Å². The van der Waals surface area contributed by atoms with Crippen molar-refractivity contribution in [1.82, 2.24) is 10.4 Å². The Morgan fingerprint density at radius 3 is 2.45 bits per heavy atom. The Morgan fingerprint density at radius 2 is 1.66 bits per heavy atom. The number of aromatic nitrogens is 1. The lowest BCUT2D eigenvalue weighted by atomic mass is 10.2. The van der Waals surface area contributed by atoms with Crippen molar-refractivity contribution in [1.29, 1.82) is 0 Å². The number of para-hydroxylation sites is 1. The molecule has 0 amide bonds. The highest BCUT2D eigenvalue weighted by Gasteiger charge is 2.06. The van der Waals surface area contributed by atoms with Gasteiger partial charge in [0, 0.05) is 5.39 Å². The van der Waals surface area contributed by atoms with Crippen LogP contribution in [0.3, 0.4) is 0 Å². The minimum Gasteiger partial charge on any atom is -0.508 e. The molecule has 0 fully saturated rings. The van der Waals surface area contributed by atoms with Gasteiger partial charge in [-0.05, 0) is 61.0 Å². The summed E-state index contributed by atoms with van der Waals surface area (Å²) in [6, 6.07) is 26.7. The molecule has 1 heterocycles. The first-order valence-corrected chi connectivity index (χ1v) is 9.27. The lowest BCUT2D eigenvalue weighted by Gasteiger charge is -2.07. The summed E-state index contributed by atoms with van der Waals surface area (Å²) >= 11 is 0. The number of phenols is 1. The molecule has 29 heavy (non-hydrogen) atoms. The first kappa shape index (κ1) is 18.4. The standard InChI is InChI=1S/C24H20N4O/c1-17-6-11-20(12-7-17)26-24(28-25-16-18-8-13-21(29)14-9-18)23-15-10-19-4-2-3-5-22(19)27-23/h2-16,29H,1H3,(H,26,28). The van der Waals surface area contributed by atoms with Crippen LogP contribution in [0.25, 0.3) is 10.9 Å². The number of amidine groups is 1. The van der Waals surface area contributed by atoms with E-state index in [4.69, 9.17) is 9.98 Å². The van der Waals surface area contributed by atoms with Gasteiger partial charge in [-0.2, -0.15) is 5.10 Å². The quantitative estimate of drug-likeness (QED) is 0.299. The normalized spacial score (nSPS) is 11.8. The molecule has 4 aromatic rings. The number of rotatable bonds is 4. The molecule has 1 aromatic heterocycles. The minimum atomic E-state index is 0.220. The summed E-state index contributed by atoms with van der Waals surface area (Å²) < 4.78 is 0. The molecular weight excluding hydrogens is 360 g/mol. The van der Waals surface area contributed by atoms with Crippen LogP contribution in [0.2, 0.25) is 0 Å². The molecule has 0 aliphatic heterocycles. The maximum absolute atomic E-state index is 9.40. The Bertz CT molecular complexity index is 1180. The second-order valence-electron chi connectivity index (χ2n) is 6.65. The molecule has 0 spiro atoms. The fourth-order valence-corrected chi connectivity index (χ4v) is 2.81. The van der Waals surface area contributed by atoms with Crippen LogP contribution >= 0.6 is 0 Å². The average molecular weight is 380 g/mol. The van der Waals surface area contributed by atoms with Crippen molar-refractivity contribution >= 4 is 28.6 Å². The first-order valence-electron chi connectivity index (χ1n) is 9.27. The van der Waals surface area contributed by atoms with Crippen molar-refractivity contribution in [2.75, 3.05) is 0 Å². The Morgan fingerprint density at radius 1 is 0.897 bits per heavy atom. The van der Waals surface area contributed by atoms with Crippen molar-refractivity contribution in [2.24, 2.45) is 10.1 Å². The molecule has 5 nitrogen and oxygen atoms in total. The number of fused-ring (bicyclic) bond motifs is 1. The highest BCUT2D eigenvalue weighted by molar-refractivity contribution is 6.00. The summed E-state index contributed by atoms with van der Waals surface area (Å²) in [5.41, 5.74) is 7.46. The van der Waals surface area contributed by atoms with E-state index < -0.39 is 0 Å². The van der Waals surface area contributed by atoms with Crippen LogP contribution in [0.5, 0.6) is 5.75 Å². The van der Waals surface area contributed by atoms with Gasteiger partial charge < -0.3 is 5.11 Å². The number of hydrogen-bond donors (Lipinski definition) is 2. The third kappa shape index (κ3) is 4.65. The summed E-state index contributed by atoms with van der Waals surface area (Å²) in [5.74, 6) is 0.770. The predicted molar refractivity (Wildman–Crippen MR) is 118 cm³/mol. The second-order valence-corrected chi connectivity index (χ2v) is 6.65. The van der Waals surface area contributed by atoms with Crippen molar-refractivity contribution in [3.63, 3.8) is 0 Å². The van der Waals surface area contributed by atoms with E-state index in [1.165, 1.54) is 5.56 Å². The molecule has 142 valence electrons. The highest BCUT2D eigenvalue weighted by Crippen LogP contribution is 2.16. The third-order valence-corrected chi connectivity index (χ3v) is 4.39. The summed E-state index contributed by atoms with van der Waals surface area (Å²) in [4.78, 5) is 9.44. The molecule has 3 aromatic carbocycles. The van der Waals surface area contributed by atoms with Gasteiger partial charge in [-0.25, -0.2) is 9.98 Å². The zero-order valence-electron chi connectivity index (χ0n) is 15.9. The van der Waals surface area contributed by atoms with Gasteiger partial charge in [-0.15, -0.1) is 0 Å². The monoisotopic (exact) mass is 380 g/mol. The van der Waals surface area contributed by atoms with E-state index in [-0.39, 0.29) is 5.75 Å². The molecule has 4 rings (SSSR count). The second kappa shape index (κ2) is 8.35. The fraction of sp³-hybridized carbons (Fsp3) is 0.0417. The minimum absolute atomic E-state index is 0.220. The van der Waals surface area contributed by atoms with Crippen molar-refractivity contribution < 1.29 is 5.11 Å². The van der Waals surface area contributed by atoms with Crippen LogP contribution < -0.4 is 5.43 Å². The zero-order valence-corrected chi connectivity index (χ0v) is 15.9. The smallest absolute Gasteiger partial charge is 0.173 e. The number of aryl methyl sites for hydroxylation is 1. The Kier molecular flexibility index (Phi) is 5.29. The maximum atomic E-state index is 9.40. The molecule has 0 aliphatic rings. The summed E-state index contributed by atoms with van der Waals surface area (Å²) in [5, 5.41) is 14.8. The number of hydrogen-bond acceptors (Lipinski definition) is 4. The number of aliphatic imine (C=N–C) groups is 1. The Labute approximate surface area is 169 Å². The van der Waals surface area contributed by atoms with Gasteiger partial charge in [0.25, 0.3) is 0 Å². The van der Waals surface area contributed by atoms with Crippen molar-refractivity contribution in [3.05, 3.63) is 102 Å². The van der Waals surface area contributed by atoms with Gasteiger partial charge >= 0.3 is 0 Å². The lowest BCUT2D eigenvalue weighted by molar-refractivity contribution is 0.475. The summed E-state index contributed by atoms with van der Waals surface area (Å²) in [6.07, 6.45) is 1.67. The molecule has 0 aliphatic carbocycles. The van der Waals surface area contributed by atoms with Gasteiger partial charge in [0.2, 0.25) is 0 Å². The number of aromatic hydroxyl groups is 1. The molecule has 0 saturated carbocycles. The number of nitrogens with zero attached hydrogens (tertiary/aromatic N) is 3. The van der Waals surface area contributed by atoms with Gasteiger partial charge in [-0.3, -0.25) is 5.43 Å². The zero-order chi connectivity index (χ0) is 20.1. The molecule has 0 radical (unpaired) electrons. The summed E-state index contributed by atoms with van der Waals surface area (Å²) in [6.45, 7) is 2.04. The van der Waals surface area contributed by atoms with Crippen molar-refractivity contribution in [3.8, 4) is 5.75 Å². The van der Waals surface area contributed by atoms with Gasteiger partial charge in [0.05, 0.1) is 17.4 Å². The van der Waals surface area contributed by atoms with Gasteiger partial charge in [0.1, 0.15) is 11.4 Å². The third-order valence-electron chi connectivity index (χ3n) is 4.39. The van der Waals surface area contributed by atoms with Gasteiger partial charge in [0.15, 0.2) is 5.84 Å². The van der Waals surface area contributed by atoms with Crippen molar-refractivity contribution in [2.45, 2.75) is 6.92 Å². The Hall–Kier alpha value is -3.99. The molecule has 5 heteroatoms. The van der Waals surface area contributed by atoms with Crippen LogP contribution in [0, 0.1) is 6.92 Å². The molecule has 0 unspecified atom stereocenters. The molecular formula is C24H20N4O. The lowest BCUT2D eigenvalue weighted by Crippen LogP contribution is -2.20. The van der Waals surface area contributed by atoms with Crippen LogP contribution in [-0.4, -0.2) is 22.1 Å². The van der Waals surface area contributed by atoms with E-state index in [1.54, 1.807) is 30.5 Å². The molecule has 0 saturated heterocycles. The molecule has 2 N–H and O–H groups in total. The SMILES string of the molecule is Cc1ccc(N=C(NN=Cc2ccc(O)cc2)c2ccc3ccccc3n2)cc1. The number of pyridine rings is 1. The maximum Gasteiger partial charge on any atom is 0.173 e. The number of benzene rings is 3. The number of hydrazone groups is 1. The number of phenolic OH excluding ortho intramolecular Hbond substituents is 1. The van der Waals surface area contributed by atoms with Crippen LogP contribution in [0.1, 0.15) is 16.8 Å². The summed E-state index contributed by atoms with van der Waals surface area (Å²) in [7, 11) is 0. The predicted octanol–water partition coefficient (Wildman–Crippen LogP) is 4.95. The van der Waals surface area contributed by atoms with E-state index in [0.717, 1.165) is 22.2 Å². The fourth-order valence-electron chi connectivity index (χ4n) is 2.81. The molecule has 0 atom stereocenters. The van der Waals surface area contributed by atoms with E-state index in [9.17, 15) is 5.11 Å². The van der Waals surface area contributed by atoms with E-state index in [0.29, 0.717) is 11.5 Å². The highest BCUT2D eigenvalue weighted by atomic mass is 16.3. The van der Waals surface area contributed by atoms with E-state index in [2.05, 4.69) is 10.5 Å². The topological polar surface area (TPSA) is 69.9 Å². The van der Waals surface area contributed by atoms with Crippen LogP contribution in [-0.2, 0) is 0 Å². The van der Waals surface area contributed by atoms with E-state index in [1.807, 2.05) is 67.6 Å².